The van der Waals surface area contributed by atoms with Gasteiger partial charge in [-0.2, -0.15) is 0 Å². The summed E-state index contributed by atoms with van der Waals surface area (Å²) in [5, 5.41) is 0. The molecule has 46 heavy (non-hydrogen) atoms. The molecule has 0 aromatic rings. The van der Waals surface area contributed by atoms with Gasteiger partial charge in [0.25, 0.3) is 0 Å². The number of fused-ring (bicyclic) bond motifs is 5. The molecule has 0 N–H and O–H groups in total. The van der Waals surface area contributed by atoms with E-state index in [-0.39, 0.29) is 22.9 Å². The third kappa shape index (κ3) is 9.97. The van der Waals surface area contributed by atoms with Gasteiger partial charge in [-0.25, -0.2) is 0 Å². The minimum atomic E-state index is -1.61. The van der Waals surface area contributed by atoms with Crippen molar-refractivity contribution in [1.29, 1.82) is 0 Å². The van der Waals surface area contributed by atoms with Crippen LogP contribution in [0.2, 0.25) is 19.6 Å². The predicted molar refractivity (Wildman–Crippen MR) is 198 cm³/mol. The van der Waals surface area contributed by atoms with Crippen LogP contribution < -0.4 is 0 Å². The summed E-state index contributed by atoms with van der Waals surface area (Å²) in [6.45, 7) is 14.2. The lowest BCUT2D eigenvalue weighted by atomic mass is 9.48. The maximum atomic E-state index is 12.7. The minimum Gasteiger partial charge on any atom is -0.547 e. The molecule has 0 bridgehead atoms. The molecule has 0 saturated heterocycles. The zero-order valence-corrected chi connectivity index (χ0v) is 31.3. The Morgan fingerprint density at radius 3 is 2.09 bits per heavy atom. The Labute approximate surface area is 283 Å². The van der Waals surface area contributed by atoms with Crippen LogP contribution in [0.1, 0.15) is 130 Å². The van der Waals surface area contributed by atoms with Gasteiger partial charge in [0.1, 0.15) is 6.10 Å². The molecule has 2 fully saturated rings. The van der Waals surface area contributed by atoms with E-state index in [0.717, 1.165) is 63.2 Å². The summed E-state index contributed by atoms with van der Waals surface area (Å²) in [4.78, 5) is 12.7. The zero-order valence-electron chi connectivity index (χ0n) is 30.3. The number of rotatable bonds is 17. The Kier molecular flexibility index (Phi) is 13.9. The number of hydrogen-bond donors (Lipinski definition) is 0. The average Bonchev–Trinajstić information content (AvgIpc) is 3.33. The van der Waals surface area contributed by atoms with Crippen LogP contribution in [0.4, 0.5) is 0 Å². The normalized spacial score (nSPS) is 31.3. The Bertz CT molecular complexity index is 1170. The smallest absolute Gasteiger partial charge is 0.306 e. The number of ether oxygens (including phenoxy) is 1. The minimum absolute atomic E-state index is 0.0147. The van der Waals surface area contributed by atoms with Crippen LogP contribution in [0, 0.1) is 28.6 Å². The first-order valence-corrected chi connectivity index (χ1v) is 22.4. The highest BCUT2D eigenvalue weighted by Crippen LogP contribution is 2.65. The van der Waals surface area contributed by atoms with E-state index < -0.39 is 8.32 Å². The van der Waals surface area contributed by atoms with Crippen LogP contribution in [0.3, 0.4) is 0 Å². The van der Waals surface area contributed by atoms with Gasteiger partial charge in [0.05, 0.1) is 5.76 Å². The number of allylic oxidation sites excluding steroid dienone is 11. The lowest BCUT2D eigenvalue weighted by Crippen LogP contribution is -2.50. The van der Waals surface area contributed by atoms with Gasteiger partial charge in [-0.15, -0.1) is 0 Å². The van der Waals surface area contributed by atoms with Crippen LogP contribution >= 0.6 is 0 Å². The third-order valence-corrected chi connectivity index (χ3v) is 12.3. The molecule has 0 amide bonds. The Balaban J connectivity index is 1.12. The van der Waals surface area contributed by atoms with Crippen LogP contribution in [0.5, 0.6) is 0 Å². The highest BCUT2D eigenvalue weighted by atomic mass is 28.4. The maximum absolute atomic E-state index is 12.7. The fourth-order valence-electron chi connectivity index (χ4n) is 8.91. The quantitative estimate of drug-likeness (QED) is 0.0682. The van der Waals surface area contributed by atoms with E-state index in [9.17, 15) is 4.79 Å². The van der Waals surface area contributed by atoms with E-state index in [1.807, 2.05) is 0 Å². The Hall–Kier alpha value is -2.07. The standard InChI is InChI=1S/C42H66O3Si/c1-7-8-9-10-11-12-13-14-15-16-17-18-19-20-21-22-23-24-40(43)44-35-29-31-41(2)34(33-35)25-26-36-37-27-28-39(45-46(4,5)6)42(37,3)32-30-38(36)41/h11-12,14-15,17-18,20-21,25,28,35-38H,7-10,13,16,19,22-24,26-27,29-33H2,1-6H3/b12-11-,15-14-,18-17-,21-20-/t35-,36+,37+,38+,41+,42+/m1/s1. The summed E-state index contributed by atoms with van der Waals surface area (Å²) in [6, 6.07) is 0. The topological polar surface area (TPSA) is 35.5 Å². The molecular formula is C42H66O3Si. The molecule has 0 heterocycles. The second-order valence-corrected chi connectivity index (χ2v) is 20.5. The highest BCUT2D eigenvalue weighted by Gasteiger charge is 2.57. The first-order chi connectivity index (χ1) is 22.1. The first kappa shape index (κ1) is 36.8. The largest absolute Gasteiger partial charge is 0.547 e. The molecule has 4 rings (SSSR count). The molecule has 0 aromatic carbocycles. The summed E-state index contributed by atoms with van der Waals surface area (Å²) >= 11 is 0. The van der Waals surface area contributed by atoms with E-state index in [2.05, 4.69) is 101 Å². The van der Waals surface area contributed by atoms with Gasteiger partial charge in [-0.05, 0) is 132 Å². The molecule has 0 aromatic heterocycles. The molecule has 4 aliphatic rings. The van der Waals surface area contributed by atoms with Gasteiger partial charge in [-0.3, -0.25) is 4.79 Å². The van der Waals surface area contributed by atoms with Crippen molar-refractivity contribution in [1.82, 2.24) is 0 Å². The van der Waals surface area contributed by atoms with Crippen molar-refractivity contribution in [3.8, 4) is 0 Å². The monoisotopic (exact) mass is 646 g/mol. The number of carbonyl (C=O) groups excluding carboxylic acids is 1. The van der Waals surface area contributed by atoms with E-state index in [1.165, 1.54) is 57.1 Å². The summed E-state index contributed by atoms with van der Waals surface area (Å²) in [5.74, 6) is 3.48. The van der Waals surface area contributed by atoms with Gasteiger partial charge in [0.2, 0.25) is 8.32 Å². The molecule has 3 nitrogen and oxygen atoms in total. The van der Waals surface area contributed by atoms with Crippen molar-refractivity contribution in [2.24, 2.45) is 28.6 Å². The molecule has 0 spiro atoms. The summed E-state index contributed by atoms with van der Waals surface area (Å²) in [7, 11) is -1.61. The molecule has 0 radical (unpaired) electrons. The average molecular weight is 647 g/mol. The molecule has 0 aliphatic heterocycles. The van der Waals surface area contributed by atoms with Crippen molar-refractivity contribution in [3.63, 3.8) is 0 Å². The second-order valence-electron chi connectivity index (χ2n) is 16.1. The number of hydrogen-bond acceptors (Lipinski definition) is 3. The van der Waals surface area contributed by atoms with Crippen molar-refractivity contribution in [2.45, 2.75) is 156 Å². The molecule has 256 valence electrons. The van der Waals surface area contributed by atoms with E-state index >= 15 is 0 Å². The van der Waals surface area contributed by atoms with Crippen molar-refractivity contribution >= 4 is 14.3 Å². The second kappa shape index (κ2) is 17.4. The van der Waals surface area contributed by atoms with Gasteiger partial charge in [-0.1, -0.05) is 93.9 Å². The fourth-order valence-corrected chi connectivity index (χ4v) is 9.89. The number of unbranched alkanes of at least 4 members (excludes halogenated alkanes) is 4. The molecular weight excluding hydrogens is 581 g/mol. The summed E-state index contributed by atoms with van der Waals surface area (Å²) < 4.78 is 12.7. The highest BCUT2D eigenvalue weighted by molar-refractivity contribution is 6.70. The lowest BCUT2D eigenvalue weighted by molar-refractivity contribution is -0.151. The van der Waals surface area contributed by atoms with Crippen LogP contribution in [0.25, 0.3) is 0 Å². The molecule has 2 saturated carbocycles. The first-order valence-electron chi connectivity index (χ1n) is 19.0. The SMILES string of the molecule is CCCCC/C=C\C/C=C\C/C=C\C/C=C\CCCC(=O)O[C@@H]1CC[C@@]2(C)C(=CC[C@@H]3[C@@H]2CC[C@]2(C)C(O[Si](C)(C)C)=CC[C@@H]32)C1. The molecule has 6 atom stereocenters. The Morgan fingerprint density at radius 1 is 0.804 bits per heavy atom. The maximum Gasteiger partial charge on any atom is 0.306 e. The van der Waals surface area contributed by atoms with Crippen LogP contribution in [0.15, 0.2) is 72.1 Å². The van der Waals surface area contributed by atoms with E-state index in [4.69, 9.17) is 9.16 Å². The van der Waals surface area contributed by atoms with Crippen molar-refractivity contribution in [3.05, 3.63) is 72.1 Å². The van der Waals surface area contributed by atoms with Gasteiger partial charge < -0.3 is 9.16 Å². The van der Waals surface area contributed by atoms with Gasteiger partial charge >= 0.3 is 5.97 Å². The molecule has 0 unspecified atom stereocenters. The summed E-state index contributed by atoms with van der Waals surface area (Å²) in [6.07, 6.45) is 41.5. The van der Waals surface area contributed by atoms with Crippen molar-refractivity contribution < 1.29 is 14.0 Å². The molecule has 4 aliphatic carbocycles. The lowest BCUT2D eigenvalue weighted by Gasteiger charge is -2.57. The molecule has 4 heteroatoms. The zero-order chi connectivity index (χ0) is 33.0. The summed E-state index contributed by atoms with van der Waals surface area (Å²) in [5.41, 5.74) is 2.05. The van der Waals surface area contributed by atoms with Gasteiger partial charge in [0.15, 0.2) is 0 Å². The van der Waals surface area contributed by atoms with Crippen LogP contribution in [-0.2, 0) is 14.0 Å². The van der Waals surface area contributed by atoms with Gasteiger partial charge in [0, 0.05) is 18.3 Å². The van der Waals surface area contributed by atoms with E-state index in [1.54, 1.807) is 5.57 Å². The number of carbonyl (C=O) groups is 1. The van der Waals surface area contributed by atoms with Crippen LogP contribution in [-0.4, -0.2) is 20.4 Å². The third-order valence-electron chi connectivity index (χ3n) is 11.5. The number of esters is 1. The van der Waals surface area contributed by atoms with Crippen molar-refractivity contribution in [2.75, 3.05) is 0 Å². The predicted octanol–water partition coefficient (Wildman–Crippen LogP) is 12.4. The fraction of sp³-hybridized carbons (Fsp3) is 0.690. The Morgan fingerprint density at radius 2 is 1.43 bits per heavy atom. The van der Waals surface area contributed by atoms with E-state index in [0.29, 0.717) is 12.3 Å².